The van der Waals surface area contributed by atoms with Gasteiger partial charge >= 0.3 is 5.97 Å². The minimum atomic E-state index is -0.406. The first-order valence-electron chi connectivity index (χ1n) is 6.35. The van der Waals surface area contributed by atoms with Gasteiger partial charge in [0.15, 0.2) is 17.3 Å². The van der Waals surface area contributed by atoms with Crippen LogP contribution in [0.3, 0.4) is 0 Å². The highest BCUT2D eigenvalue weighted by Crippen LogP contribution is 2.31. The lowest BCUT2D eigenvalue weighted by Gasteiger charge is -2.26. The fourth-order valence-electron chi connectivity index (χ4n) is 2.01. The van der Waals surface area contributed by atoms with Crippen molar-refractivity contribution in [2.45, 2.75) is 0 Å². The third-order valence-electron chi connectivity index (χ3n) is 3.07. The zero-order valence-electron chi connectivity index (χ0n) is 11.1. The van der Waals surface area contributed by atoms with Crippen LogP contribution in [-0.4, -0.2) is 31.2 Å². The molecule has 2 aromatic rings. The summed E-state index contributed by atoms with van der Waals surface area (Å²) in [6, 6.07) is 10.5. The van der Waals surface area contributed by atoms with Gasteiger partial charge in [0, 0.05) is 13.1 Å². The lowest BCUT2D eigenvalue weighted by Crippen LogP contribution is -2.29. The lowest BCUT2D eigenvalue weighted by atomic mass is 10.2. The van der Waals surface area contributed by atoms with Crippen LogP contribution < -0.4 is 14.4 Å². The van der Waals surface area contributed by atoms with Crippen molar-refractivity contribution in [2.75, 3.05) is 25.1 Å². The van der Waals surface area contributed by atoms with Gasteiger partial charge in [0.2, 0.25) is 0 Å². The first-order valence-corrected chi connectivity index (χ1v) is 6.35. The molecule has 0 bridgehead atoms. The Bertz CT molecular complexity index is 628. The van der Waals surface area contributed by atoms with E-state index in [1.165, 1.54) is 6.20 Å². The largest absolute Gasteiger partial charge is 0.488 e. The maximum absolute atomic E-state index is 11.9. The number of rotatable bonds is 2. The molecular formula is C15H14N2O3. The molecule has 3 rings (SSSR count). The van der Waals surface area contributed by atoms with Crippen LogP contribution in [0.25, 0.3) is 0 Å². The molecular weight excluding hydrogens is 256 g/mol. The van der Waals surface area contributed by atoms with E-state index in [4.69, 9.17) is 9.47 Å². The molecule has 0 fully saturated rings. The summed E-state index contributed by atoms with van der Waals surface area (Å²) in [7, 11) is 1.95. The molecule has 5 nitrogen and oxygen atoms in total. The molecule has 0 amide bonds. The Labute approximate surface area is 116 Å². The molecule has 0 radical (unpaired) electrons. The molecule has 0 unspecified atom stereocenters. The van der Waals surface area contributed by atoms with Crippen LogP contribution in [0, 0.1) is 0 Å². The predicted octanol–water partition coefficient (Wildman–Crippen LogP) is 2.13. The number of hydrogen-bond acceptors (Lipinski definition) is 5. The number of carbonyl (C=O) groups excluding carboxylic acids is 1. The Balaban J connectivity index is 1.80. The maximum Gasteiger partial charge on any atom is 0.343 e. The average molecular weight is 270 g/mol. The number of anilines is 1. The molecule has 5 heteroatoms. The van der Waals surface area contributed by atoms with Crippen molar-refractivity contribution < 1.29 is 14.3 Å². The Kier molecular flexibility index (Phi) is 3.25. The number of benzene rings is 1. The third-order valence-corrected chi connectivity index (χ3v) is 3.07. The average Bonchev–Trinajstić information content (AvgIpc) is 2.48. The number of nitrogens with zero attached hydrogens (tertiary/aromatic N) is 2. The zero-order valence-corrected chi connectivity index (χ0v) is 11.1. The monoisotopic (exact) mass is 270 g/mol. The van der Waals surface area contributed by atoms with Gasteiger partial charge in [-0.15, -0.1) is 0 Å². The van der Waals surface area contributed by atoms with Gasteiger partial charge < -0.3 is 14.4 Å². The molecule has 0 spiro atoms. The smallest absolute Gasteiger partial charge is 0.343 e. The SMILES string of the molecule is CN1CCOc2cc(OC(=O)c3ccccc3)cnc21. The molecule has 0 aliphatic carbocycles. The Morgan fingerprint density at radius 1 is 1.35 bits per heavy atom. The highest BCUT2D eigenvalue weighted by atomic mass is 16.5. The number of hydrogen-bond donors (Lipinski definition) is 0. The molecule has 0 atom stereocenters. The van der Waals surface area contributed by atoms with Gasteiger partial charge in [0.1, 0.15) is 6.61 Å². The topological polar surface area (TPSA) is 51.7 Å². The summed E-state index contributed by atoms with van der Waals surface area (Å²) in [6.07, 6.45) is 1.53. The van der Waals surface area contributed by atoms with E-state index in [0.717, 1.165) is 12.4 Å². The van der Waals surface area contributed by atoms with E-state index >= 15 is 0 Å². The van der Waals surface area contributed by atoms with Crippen LogP contribution in [0.5, 0.6) is 11.5 Å². The van der Waals surface area contributed by atoms with E-state index in [0.29, 0.717) is 23.7 Å². The number of fused-ring (bicyclic) bond motifs is 1. The summed E-state index contributed by atoms with van der Waals surface area (Å²) < 4.78 is 10.8. The predicted molar refractivity (Wildman–Crippen MR) is 74.4 cm³/mol. The van der Waals surface area contributed by atoms with Gasteiger partial charge in [-0.25, -0.2) is 9.78 Å². The van der Waals surface area contributed by atoms with Crippen molar-refractivity contribution >= 4 is 11.8 Å². The number of esters is 1. The Morgan fingerprint density at radius 2 is 2.15 bits per heavy atom. The van der Waals surface area contributed by atoms with Crippen molar-refractivity contribution in [2.24, 2.45) is 0 Å². The number of aromatic nitrogens is 1. The minimum absolute atomic E-state index is 0.382. The number of ether oxygens (including phenoxy) is 2. The first-order chi connectivity index (χ1) is 9.74. The summed E-state index contributed by atoms with van der Waals surface area (Å²) in [5.41, 5.74) is 0.503. The van der Waals surface area contributed by atoms with Crippen LogP contribution >= 0.6 is 0 Å². The molecule has 0 N–H and O–H groups in total. The molecule has 1 aliphatic rings. The lowest BCUT2D eigenvalue weighted by molar-refractivity contribution is 0.0733. The Morgan fingerprint density at radius 3 is 2.95 bits per heavy atom. The molecule has 1 aromatic heterocycles. The van der Waals surface area contributed by atoms with Gasteiger partial charge in [0.25, 0.3) is 0 Å². The second-order valence-electron chi connectivity index (χ2n) is 4.52. The van der Waals surface area contributed by atoms with E-state index in [9.17, 15) is 4.79 Å². The van der Waals surface area contributed by atoms with Crippen molar-refractivity contribution in [3.05, 3.63) is 48.2 Å². The van der Waals surface area contributed by atoms with E-state index in [2.05, 4.69) is 4.98 Å². The van der Waals surface area contributed by atoms with Crippen LogP contribution in [-0.2, 0) is 0 Å². The van der Waals surface area contributed by atoms with Gasteiger partial charge in [-0.05, 0) is 12.1 Å². The maximum atomic E-state index is 11.9. The van der Waals surface area contributed by atoms with Crippen molar-refractivity contribution in [3.8, 4) is 11.5 Å². The standard InChI is InChI=1S/C15H14N2O3/c1-17-7-8-19-13-9-12(10-16-14(13)17)20-15(18)11-5-3-2-4-6-11/h2-6,9-10H,7-8H2,1H3. The fraction of sp³-hybridized carbons (Fsp3) is 0.200. The number of likely N-dealkylation sites (N-methyl/N-ethyl adjacent to an activating group) is 1. The van der Waals surface area contributed by atoms with Gasteiger partial charge in [-0.2, -0.15) is 0 Å². The molecule has 2 heterocycles. The zero-order chi connectivity index (χ0) is 13.9. The van der Waals surface area contributed by atoms with Crippen LogP contribution in [0.2, 0.25) is 0 Å². The van der Waals surface area contributed by atoms with Gasteiger partial charge in [-0.1, -0.05) is 18.2 Å². The van der Waals surface area contributed by atoms with Crippen molar-refractivity contribution in [3.63, 3.8) is 0 Å². The van der Waals surface area contributed by atoms with Crippen LogP contribution in [0.15, 0.2) is 42.6 Å². The number of pyridine rings is 1. The third kappa shape index (κ3) is 2.42. The van der Waals surface area contributed by atoms with Crippen LogP contribution in [0.1, 0.15) is 10.4 Å². The minimum Gasteiger partial charge on any atom is -0.488 e. The quantitative estimate of drug-likeness (QED) is 0.782. The second-order valence-corrected chi connectivity index (χ2v) is 4.52. The van der Waals surface area contributed by atoms with Crippen molar-refractivity contribution in [1.29, 1.82) is 0 Å². The summed E-state index contributed by atoms with van der Waals surface area (Å²) in [4.78, 5) is 18.2. The normalized spacial score (nSPS) is 13.3. The summed E-state index contributed by atoms with van der Waals surface area (Å²) >= 11 is 0. The van der Waals surface area contributed by atoms with E-state index < -0.39 is 5.97 Å². The van der Waals surface area contributed by atoms with E-state index in [-0.39, 0.29) is 0 Å². The summed E-state index contributed by atoms with van der Waals surface area (Å²) in [5, 5.41) is 0. The Hall–Kier alpha value is -2.56. The van der Waals surface area contributed by atoms with Gasteiger partial charge in [0.05, 0.1) is 18.3 Å². The van der Waals surface area contributed by atoms with E-state index in [1.54, 1.807) is 30.3 Å². The molecule has 1 aliphatic heterocycles. The first kappa shape index (κ1) is 12.5. The summed E-state index contributed by atoms with van der Waals surface area (Å²) in [5.74, 6) is 1.37. The van der Waals surface area contributed by atoms with E-state index in [1.807, 2.05) is 18.0 Å². The number of carbonyl (C=O) groups is 1. The molecule has 0 saturated heterocycles. The van der Waals surface area contributed by atoms with Gasteiger partial charge in [-0.3, -0.25) is 0 Å². The second kappa shape index (κ2) is 5.21. The molecule has 0 saturated carbocycles. The van der Waals surface area contributed by atoms with Crippen LogP contribution in [0.4, 0.5) is 5.82 Å². The van der Waals surface area contributed by atoms with Crippen molar-refractivity contribution in [1.82, 2.24) is 4.98 Å². The highest BCUT2D eigenvalue weighted by molar-refractivity contribution is 5.91. The molecule has 102 valence electrons. The highest BCUT2D eigenvalue weighted by Gasteiger charge is 2.18. The fourth-order valence-corrected chi connectivity index (χ4v) is 2.01. The molecule has 20 heavy (non-hydrogen) atoms. The summed E-state index contributed by atoms with van der Waals surface area (Å²) in [6.45, 7) is 1.39. The molecule has 1 aromatic carbocycles.